The number of amides is 4. The molecular formula is C36H38BrN7O8S. The van der Waals surface area contributed by atoms with Gasteiger partial charge < -0.3 is 20.1 Å². The fourth-order valence-corrected chi connectivity index (χ4v) is 10.3. The lowest BCUT2D eigenvalue weighted by atomic mass is 9.83. The number of fused-ring (bicyclic) bond motifs is 2. The van der Waals surface area contributed by atoms with Crippen LogP contribution in [0.1, 0.15) is 77.6 Å². The number of benzene rings is 2. The maximum absolute atomic E-state index is 13.8. The summed E-state index contributed by atoms with van der Waals surface area (Å²) < 4.78 is 40.9. The van der Waals surface area contributed by atoms with E-state index >= 15 is 0 Å². The van der Waals surface area contributed by atoms with Gasteiger partial charge in [0.15, 0.2) is 11.5 Å². The van der Waals surface area contributed by atoms with Gasteiger partial charge in [0.05, 0.1) is 26.5 Å². The number of sulfonamides is 1. The molecule has 2 saturated heterocycles. The third kappa shape index (κ3) is 6.85. The Labute approximate surface area is 314 Å². The van der Waals surface area contributed by atoms with E-state index in [0.29, 0.717) is 97.0 Å². The van der Waals surface area contributed by atoms with Crippen LogP contribution in [0.25, 0.3) is 0 Å². The number of nitrogens with zero attached hydrogens (tertiary/aromatic N) is 4. The SMILES string of the molecule is O=C1CCC(N2C(=O)c3cccc(CC4CCC(S(=O)(=O)N5CCC(Nc6ncc(Br)c(Nc7cccc8c7OCO8)n6)CC5)CC4)c3C2=O)C(=O)N1. The second kappa shape index (κ2) is 14.3. The van der Waals surface area contributed by atoms with Crippen molar-refractivity contribution in [1.82, 2.24) is 24.5 Å². The summed E-state index contributed by atoms with van der Waals surface area (Å²) in [7, 11) is -3.52. The lowest BCUT2D eigenvalue weighted by molar-refractivity contribution is -0.136. The molecule has 17 heteroatoms. The van der Waals surface area contributed by atoms with Crippen molar-refractivity contribution in [2.24, 2.45) is 5.92 Å². The number of nitrogens with one attached hydrogen (secondary N) is 3. The fourth-order valence-electron chi connectivity index (χ4n) is 8.03. The second-order valence-corrected chi connectivity index (χ2v) is 17.1. The maximum Gasteiger partial charge on any atom is 0.262 e. The van der Waals surface area contributed by atoms with E-state index < -0.39 is 44.9 Å². The lowest BCUT2D eigenvalue weighted by Crippen LogP contribution is -2.54. The number of aromatic nitrogens is 2. The highest BCUT2D eigenvalue weighted by molar-refractivity contribution is 9.10. The highest BCUT2D eigenvalue weighted by Gasteiger charge is 2.46. The van der Waals surface area contributed by atoms with Crippen LogP contribution in [0.5, 0.6) is 11.5 Å². The molecule has 3 fully saturated rings. The first-order chi connectivity index (χ1) is 25.6. The summed E-state index contributed by atoms with van der Waals surface area (Å²) in [4.78, 5) is 61.0. The van der Waals surface area contributed by atoms with Crippen LogP contribution in [0, 0.1) is 5.92 Å². The first-order valence-electron chi connectivity index (χ1n) is 17.8. The number of rotatable bonds is 9. The van der Waals surface area contributed by atoms with Crippen molar-refractivity contribution in [3.05, 3.63) is 63.8 Å². The van der Waals surface area contributed by atoms with Crippen molar-refractivity contribution in [3.8, 4) is 11.5 Å². The van der Waals surface area contributed by atoms with Crippen LogP contribution in [0.15, 0.2) is 47.1 Å². The Morgan fingerprint density at radius 2 is 1.70 bits per heavy atom. The zero-order chi connectivity index (χ0) is 36.9. The molecule has 15 nitrogen and oxygen atoms in total. The number of anilines is 3. The van der Waals surface area contributed by atoms with Crippen LogP contribution in [0.2, 0.25) is 0 Å². The minimum Gasteiger partial charge on any atom is -0.454 e. The van der Waals surface area contributed by atoms with E-state index in [1.54, 1.807) is 22.6 Å². The number of piperidine rings is 2. The number of hydrogen-bond acceptors (Lipinski definition) is 12. The summed E-state index contributed by atoms with van der Waals surface area (Å²) in [5.41, 5.74) is 2.00. The van der Waals surface area contributed by atoms with E-state index in [2.05, 4.69) is 41.8 Å². The minimum absolute atomic E-state index is 0.00276. The van der Waals surface area contributed by atoms with E-state index in [-0.39, 0.29) is 37.2 Å². The van der Waals surface area contributed by atoms with Crippen LogP contribution in [0.4, 0.5) is 17.5 Å². The van der Waals surface area contributed by atoms with Gasteiger partial charge in [0.2, 0.25) is 34.6 Å². The van der Waals surface area contributed by atoms with Crippen LogP contribution < -0.4 is 25.4 Å². The average Bonchev–Trinajstić information content (AvgIpc) is 3.73. The maximum atomic E-state index is 13.8. The Kier molecular flexibility index (Phi) is 9.57. The third-order valence-electron chi connectivity index (χ3n) is 10.8. The van der Waals surface area contributed by atoms with E-state index in [9.17, 15) is 27.6 Å². The molecule has 5 aliphatic rings. The smallest absolute Gasteiger partial charge is 0.262 e. The van der Waals surface area contributed by atoms with Gasteiger partial charge in [0.1, 0.15) is 11.9 Å². The summed E-state index contributed by atoms with van der Waals surface area (Å²) in [5, 5.41) is 8.40. The molecule has 5 heterocycles. The Morgan fingerprint density at radius 3 is 2.47 bits per heavy atom. The summed E-state index contributed by atoms with van der Waals surface area (Å²) in [6, 6.07) is 9.70. The van der Waals surface area contributed by atoms with Gasteiger partial charge in [-0.1, -0.05) is 18.2 Å². The summed E-state index contributed by atoms with van der Waals surface area (Å²) in [5.74, 6) is 0.279. The van der Waals surface area contributed by atoms with Gasteiger partial charge >= 0.3 is 0 Å². The van der Waals surface area contributed by atoms with Crippen molar-refractivity contribution >= 4 is 67.0 Å². The van der Waals surface area contributed by atoms with Gasteiger partial charge in [0, 0.05) is 31.7 Å². The van der Waals surface area contributed by atoms with Gasteiger partial charge in [-0.25, -0.2) is 17.7 Å². The molecule has 53 heavy (non-hydrogen) atoms. The van der Waals surface area contributed by atoms with Gasteiger partial charge in [-0.15, -0.1) is 0 Å². The van der Waals surface area contributed by atoms with Crippen molar-refractivity contribution in [2.45, 2.75) is 75.1 Å². The molecule has 1 aromatic heterocycles. The number of halogens is 1. The molecule has 0 spiro atoms. The zero-order valence-corrected chi connectivity index (χ0v) is 31.1. The molecule has 4 aliphatic heterocycles. The fraction of sp³-hybridized carbons (Fsp3) is 0.444. The molecule has 1 saturated carbocycles. The molecule has 1 unspecified atom stereocenters. The second-order valence-electron chi connectivity index (χ2n) is 14.1. The van der Waals surface area contributed by atoms with Crippen LogP contribution in [0.3, 0.4) is 0 Å². The van der Waals surface area contributed by atoms with Gasteiger partial charge in [-0.05, 0) is 97.0 Å². The predicted octanol–water partition coefficient (Wildman–Crippen LogP) is 4.12. The van der Waals surface area contributed by atoms with Crippen molar-refractivity contribution in [1.29, 1.82) is 0 Å². The van der Waals surface area contributed by atoms with Gasteiger partial charge in [-0.2, -0.15) is 4.98 Å². The molecule has 1 atom stereocenters. The molecule has 3 N–H and O–H groups in total. The molecule has 8 rings (SSSR count). The molecule has 278 valence electrons. The van der Waals surface area contributed by atoms with E-state index in [4.69, 9.17) is 9.47 Å². The lowest BCUT2D eigenvalue weighted by Gasteiger charge is -2.36. The number of carbonyl (C=O) groups excluding carboxylic acids is 4. The molecular weight excluding hydrogens is 770 g/mol. The molecule has 0 radical (unpaired) electrons. The summed E-state index contributed by atoms with van der Waals surface area (Å²) in [6.45, 7) is 0.941. The van der Waals surface area contributed by atoms with Crippen LogP contribution >= 0.6 is 15.9 Å². The van der Waals surface area contributed by atoms with Crippen molar-refractivity contribution in [2.75, 3.05) is 30.5 Å². The van der Waals surface area contributed by atoms with Crippen LogP contribution in [-0.2, 0) is 26.0 Å². The normalized spacial score (nSPS) is 23.6. The first kappa shape index (κ1) is 35.4. The minimum atomic E-state index is -3.52. The predicted molar refractivity (Wildman–Crippen MR) is 195 cm³/mol. The number of para-hydroxylation sites is 1. The van der Waals surface area contributed by atoms with Gasteiger partial charge in [0.25, 0.3) is 11.8 Å². The topological polar surface area (TPSA) is 189 Å². The van der Waals surface area contributed by atoms with Crippen molar-refractivity contribution in [3.63, 3.8) is 0 Å². The molecule has 1 aliphatic carbocycles. The monoisotopic (exact) mass is 807 g/mol. The van der Waals surface area contributed by atoms with E-state index in [1.165, 1.54) is 0 Å². The summed E-state index contributed by atoms with van der Waals surface area (Å²) >= 11 is 3.51. The highest BCUT2D eigenvalue weighted by atomic mass is 79.9. The number of hydrogen-bond donors (Lipinski definition) is 3. The number of imide groups is 2. The highest BCUT2D eigenvalue weighted by Crippen LogP contribution is 2.41. The first-order valence-corrected chi connectivity index (χ1v) is 20.1. The average molecular weight is 809 g/mol. The molecule has 0 bridgehead atoms. The molecule has 4 amide bonds. The number of carbonyl (C=O) groups is 4. The molecule has 3 aromatic rings. The van der Waals surface area contributed by atoms with E-state index in [1.807, 2.05) is 24.3 Å². The Hall–Kier alpha value is -4.61. The van der Waals surface area contributed by atoms with Gasteiger partial charge in [-0.3, -0.25) is 29.4 Å². The number of ether oxygens (including phenoxy) is 2. The molecule has 2 aromatic carbocycles. The van der Waals surface area contributed by atoms with Crippen molar-refractivity contribution < 1.29 is 37.1 Å². The van der Waals surface area contributed by atoms with Crippen LogP contribution in [-0.4, -0.2) is 88.4 Å². The third-order valence-corrected chi connectivity index (χ3v) is 13.8. The zero-order valence-electron chi connectivity index (χ0n) is 28.7. The Balaban J connectivity index is 0.846. The quantitative estimate of drug-likeness (QED) is 0.263. The largest absolute Gasteiger partial charge is 0.454 e. The summed E-state index contributed by atoms with van der Waals surface area (Å²) in [6.07, 6.45) is 5.93. The van der Waals surface area contributed by atoms with E-state index in [0.717, 1.165) is 10.5 Å². The Morgan fingerprint density at radius 1 is 0.925 bits per heavy atom. The Bertz CT molecular complexity index is 2100. The standard InChI is InChI=1S/C36H38BrN7O8S/c37-25-18-38-36(42-32(25)40-26-5-2-6-28-31(26)52-19-51-28)39-22-13-15-43(16-14-22)53(49,50)23-9-7-20(8-10-23)17-21-3-1-4-24-30(21)35(48)44(34(24)47)27-11-12-29(45)41-33(27)46/h1-6,18,20,22-23,27H,7-17,19H2,(H,41,45,46)(H2,38,39,40,42).